The van der Waals surface area contributed by atoms with Crippen molar-refractivity contribution in [2.75, 3.05) is 19.8 Å². The van der Waals surface area contributed by atoms with Crippen LogP contribution in [0.25, 0.3) is 0 Å². The van der Waals surface area contributed by atoms with Crippen molar-refractivity contribution >= 4 is 5.91 Å². The second-order valence-electron chi connectivity index (χ2n) is 5.04. The molecule has 0 heterocycles. The van der Waals surface area contributed by atoms with Crippen molar-refractivity contribution in [3.63, 3.8) is 0 Å². The van der Waals surface area contributed by atoms with Crippen molar-refractivity contribution in [3.05, 3.63) is 0 Å². The largest absolute Gasteiger partial charge is 0.371 e. The zero-order chi connectivity index (χ0) is 11.4. The Kier molecular flexibility index (Phi) is 4.18. The zero-order valence-corrected chi connectivity index (χ0v) is 9.78. The number of nitrogens with two attached hydrogens (primary N) is 1. The van der Waals surface area contributed by atoms with Gasteiger partial charge in [-0.2, -0.15) is 0 Å². The maximum atomic E-state index is 11.4. The fourth-order valence-electron chi connectivity index (χ4n) is 2.44. The first-order chi connectivity index (χ1) is 7.79. The Bertz CT molecular complexity index is 241. The van der Waals surface area contributed by atoms with Crippen LogP contribution in [-0.4, -0.2) is 31.7 Å². The highest BCUT2D eigenvalue weighted by Crippen LogP contribution is 2.30. The lowest BCUT2D eigenvalue weighted by molar-refractivity contribution is -0.126. The predicted octanol–water partition coefficient (Wildman–Crippen LogP) is 0.657. The second kappa shape index (κ2) is 5.64. The molecule has 2 fully saturated rings. The van der Waals surface area contributed by atoms with Gasteiger partial charge in [-0.1, -0.05) is 6.42 Å². The molecule has 0 bridgehead atoms. The van der Waals surface area contributed by atoms with Crippen LogP contribution < -0.4 is 11.1 Å². The van der Waals surface area contributed by atoms with E-state index in [4.69, 9.17) is 10.5 Å². The van der Waals surface area contributed by atoms with Crippen LogP contribution in [0.5, 0.6) is 0 Å². The van der Waals surface area contributed by atoms with E-state index < -0.39 is 0 Å². The summed E-state index contributed by atoms with van der Waals surface area (Å²) < 4.78 is 5.47. The Hall–Kier alpha value is -0.610. The Morgan fingerprint density at radius 3 is 2.69 bits per heavy atom. The summed E-state index contributed by atoms with van der Waals surface area (Å²) >= 11 is 0. The minimum atomic E-state index is 0.0322. The van der Waals surface area contributed by atoms with E-state index in [2.05, 4.69) is 5.32 Å². The SMILES string of the molecule is NCC1CCCC1COCC(=O)NC1CC1. The van der Waals surface area contributed by atoms with Gasteiger partial charge in [0.15, 0.2) is 0 Å². The van der Waals surface area contributed by atoms with Gasteiger partial charge in [-0.15, -0.1) is 0 Å². The summed E-state index contributed by atoms with van der Waals surface area (Å²) in [4.78, 5) is 11.4. The standard InChI is InChI=1S/C12H22N2O2/c13-6-9-2-1-3-10(9)7-16-8-12(15)14-11-4-5-11/h9-11H,1-8,13H2,(H,14,15). The Morgan fingerprint density at radius 2 is 2.00 bits per heavy atom. The number of nitrogens with one attached hydrogen (secondary N) is 1. The third kappa shape index (κ3) is 3.46. The molecule has 0 spiro atoms. The Balaban J connectivity index is 1.57. The summed E-state index contributed by atoms with van der Waals surface area (Å²) in [6, 6.07) is 0.430. The molecule has 2 saturated carbocycles. The summed E-state index contributed by atoms with van der Waals surface area (Å²) in [6.45, 7) is 1.66. The normalized spacial score (nSPS) is 29.3. The van der Waals surface area contributed by atoms with Crippen molar-refractivity contribution in [1.82, 2.24) is 5.32 Å². The molecule has 1 amide bonds. The Labute approximate surface area is 96.9 Å². The summed E-state index contributed by atoms with van der Waals surface area (Å²) in [5.41, 5.74) is 5.70. The van der Waals surface area contributed by atoms with Gasteiger partial charge in [0.05, 0.1) is 6.61 Å². The number of amides is 1. The fraction of sp³-hybridized carbons (Fsp3) is 0.917. The van der Waals surface area contributed by atoms with E-state index in [0.717, 1.165) is 19.4 Å². The zero-order valence-electron chi connectivity index (χ0n) is 9.78. The van der Waals surface area contributed by atoms with Crippen LogP contribution in [0.1, 0.15) is 32.1 Å². The number of carbonyl (C=O) groups is 1. The lowest BCUT2D eigenvalue weighted by atomic mass is 9.97. The average molecular weight is 226 g/mol. The van der Waals surface area contributed by atoms with E-state index in [1.807, 2.05) is 0 Å². The van der Waals surface area contributed by atoms with E-state index in [-0.39, 0.29) is 12.5 Å². The second-order valence-corrected chi connectivity index (χ2v) is 5.04. The van der Waals surface area contributed by atoms with Gasteiger partial charge in [-0.3, -0.25) is 4.79 Å². The molecule has 3 N–H and O–H groups in total. The molecule has 0 saturated heterocycles. The van der Waals surface area contributed by atoms with Crippen LogP contribution in [-0.2, 0) is 9.53 Å². The quantitative estimate of drug-likeness (QED) is 0.699. The maximum Gasteiger partial charge on any atom is 0.246 e. The minimum absolute atomic E-state index is 0.0322. The molecule has 0 radical (unpaired) electrons. The summed E-state index contributed by atoms with van der Waals surface area (Å²) in [5.74, 6) is 1.20. The minimum Gasteiger partial charge on any atom is -0.371 e. The van der Waals surface area contributed by atoms with Gasteiger partial charge < -0.3 is 15.8 Å². The lowest BCUT2D eigenvalue weighted by Gasteiger charge is -2.17. The van der Waals surface area contributed by atoms with Crippen molar-refractivity contribution in [3.8, 4) is 0 Å². The van der Waals surface area contributed by atoms with Gasteiger partial charge in [0.2, 0.25) is 5.91 Å². The average Bonchev–Trinajstić information content (AvgIpc) is 2.96. The van der Waals surface area contributed by atoms with Crippen molar-refractivity contribution in [2.24, 2.45) is 17.6 Å². The van der Waals surface area contributed by atoms with Crippen molar-refractivity contribution in [2.45, 2.75) is 38.1 Å². The smallest absolute Gasteiger partial charge is 0.246 e. The first kappa shape index (κ1) is 11.9. The van der Waals surface area contributed by atoms with Crippen LogP contribution >= 0.6 is 0 Å². The number of hydrogen-bond donors (Lipinski definition) is 2. The third-order valence-electron chi connectivity index (χ3n) is 3.63. The van der Waals surface area contributed by atoms with Gasteiger partial charge in [-0.25, -0.2) is 0 Å². The number of carbonyl (C=O) groups excluding carboxylic acids is 1. The maximum absolute atomic E-state index is 11.4. The monoisotopic (exact) mass is 226 g/mol. The highest BCUT2D eigenvalue weighted by Gasteiger charge is 2.27. The molecule has 2 atom stereocenters. The van der Waals surface area contributed by atoms with E-state index in [9.17, 15) is 4.79 Å². The van der Waals surface area contributed by atoms with Crippen LogP contribution in [0, 0.1) is 11.8 Å². The molecule has 0 aromatic heterocycles. The van der Waals surface area contributed by atoms with E-state index in [1.165, 1.54) is 19.3 Å². The number of ether oxygens (including phenoxy) is 1. The molecule has 4 nitrogen and oxygen atoms in total. The molecule has 2 aliphatic rings. The molecule has 0 aromatic carbocycles. The van der Waals surface area contributed by atoms with Crippen molar-refractivity contribution < 1.29 is 9.53 Å². The first-order valence-corrected chi connectivity index (χ1v) is 6.36. The molecular formula is C12H22N2O2. The first-order valence-electron chi connectivity index (χ1n) is 6.36. The molecule has 0 aromatic rings. The van der Waals surface area contributed by atoms with Crippen molar-refractivity contribution in [1.29, 1.82) is 0 Å². The third-order valence-corrected chi connectivity index (χ3v) is 3.63. The molecule has 2 rings (SSSR count). The summed E-state index contributed by atoms with van der Waals surface area (Å²) in [5, 5.41) is 2.92. The highest BCUT2D eigenvalue weighted by molar-refractivity contribution is 5.77. The van der Waals surface area contributed by atoms with E-state index in [0.29, 0.717) is 24.5 Å². The fourth-order valence-corrected chi connectivity index (χ4v) is 2.44. The molecule has 2 aliphatic carbocycles. The molecule has 4 heteroatoms. The van der Waals surface area contributed by atoms with Gasteiger partial charge in [-0.05, 0) is 44.1 Å². The van der Waals surface area contributed by atoms with Crippen LogP contribution in [0.4, 0.5) is 0 Å². The van der Waals surface area contributed by atoms with Gasteiger partial charge in [0, 0.05) is 6.04 Å². The lowest BCUT2D eigenvalue weighted by Crippen LogP contribution is -2.31. The Morgan fingerprint density at radius 1 is 1.25 bits per heavy atom. The predicted molar refractivity (Wildman–Crippen MR) is 61.9 cm³/mol. The van der Waals surface area contributed by atoms with Gasteiger partial charge in [0.1, 0.15) is 6.61 Å². The molecule has 16 heavy (non-hydrogen) atoms. The number of rotatable bonds is 6. The van der Waals surface area contributed by atoms with Gasteiger partial charge >= 0.3 is 0 Å². The molecular weight excluding hydrogens is 204 g/mol. The molecule has 2 unspecified atom stereocenters. The highest BCUT2D eigenvalue weighted by atomic mass is 16.5. The topological polar surface area (TPSA) is 64.3 Å². The van der Waals surface area contributed by atoms with E-state index in [1.54, 1.807) is 0 Å². The molecule has 92 valence electrons. The van der Waals surface area contributed by atoms with Crippen LogP contribution in [0.3, 0.4) is 0 Å². The van der Waals surface area contributed by atoms with Gasteiger partial charge in [0.25, 0.3) is 0 Å². The van der Waals surface area contributed by atoms with Crippen LogP contribution in [0.2, 0.25) is 0 Å². The van der Waals surface area contributed by atoms with E-state index >= 15 is 0 Å². The number of hydrogen-bond acceptors (Lipinski definition) is 3. The molecule has 0 aliphatic heterocycles. The van der Waals surface area contributed by atoms with Crippen LogP contribution in [0.15, 0.2) is 0 Å². The summed E-state index contributed by atoms with van der Waals surface area (Å²) in [7, 11) is 0. The summed E-state index contributed by atoms with van der Waals surface area (Å²) in [6.07, 6.45) is 5.93.